The number of benzene rings is 1. The van der Waals surface area contributed by atoms with Crippen molar-refractivity contribution in [3.63, 3.8) is 0 Å². The first-order valence-electron chi connectivity index (χ1n) is 5.05. The maximum absolute atomic E-state index is 11.9. The van der Waals surface area contributed by atoms with Gasteiger partial charge in [0.2, 0.25) is 0 Å². The highest BCUT2D eigenvalue weighted by atomic mass is 16.6. The summed E-state index contributed by atoms with van der Waals surface area (Å²) in [7, 11) is 0. The van der Waals surface area contributed by atoms with E-state index in [4.69, 9.17) is 4.74 Å². The molecular weight excluding hydrogens is 240 g/mol. The number of fused-ring (bicyclic) bond motifs is 2. The lowest BCUT2D eigenvalue weighted by Gasteiger charge is -2.29. The second-order valence-electron chi connectivity index (χ2n) is 3.85. The van der Waals surface area contributed by atoms with Gasteiger partial charge >= 0.3 is 6.09 Å². The topological polar surface area (TPSA) is 102 Å². The van der Waals surface area contributed by atoms with E-state index in [9.17, 15) is 19.2 Å². The molecule has 0 saturated carbocycles. The van der Waals surface area contributed by atoms with Crippen LogP contribution in [0.1, 0.15) is 15.9 Å². The van der Waals surface area contributed by atoms with E-state index >= 15 is 0 Å². The first kappa shape index (κ1) is 10.5. The van der Waals surface area contributed by atoms with E-state index in [0.29, 0.717) is 0 Å². The van der Waals surface area contributed by atoms with Crippen molar-refractivity contribution in [1.82, 2.24) is 10.6 Å². The summed E-state index contributed by atoms with van der Waals surface area (Å²) in [6.45, 7) is 0. The Morgan fingerprint density at radius 1 is 0.944 bits per heavy atom. The number of alkyl carbamates (subject to hydrolysis) is 1. The highest BCUT2D eigenvalue weighted by molar-refractivity contribution is 6.25. The minimum Gasteiger partial charge on any atom is -0.417 e. The van der Waals surface area contributed by atoms with Gasteiger partial charge in [-0.15, -0.1) is 0 Å². The van der Waals surface area contributed by atoms with Gasteiger partial charge in [-0.2, -0.15) is 0 Å². The van der Waals surface area contributed by atoms with Crippen molar-refractivity contribution in [2.24, 2.45) is 0 Å². The first-order chi connectivity index (χ1) is 8.55. The normalized spacial score (nSPS) is 25.6. The van der Waals surface area contributed by atoms with Crippen molar-refractivity contribution in [3.8, 4) is 0 Å². The van der Waals surface area contributed by atoms with Crippen LogP contribution in [0.2, 0.25) is 0 Å². The van der Waals surface area contributed by atoms with Gasteiger partial charge in [0.25, 0.3) is 23.3 Å². The van der Waals surface area contributed by atoms with Crippen LogP contribution in [-0.4, -0.2) is 23.8 Å². The fourth-order valence-electron chi connectivity index (χ4n) is 2.09. The molecule has 1 atom stereocenters. The average molecular weight is 246 g/mol. The van der Waals surface area contributed by atoms with Gasteiger partial charge in [-0.3, -0.25) is 25.0 Å². The lowest BCUT2D eigenvalue weighted by molar-refractivity contribution is -0.148. The third-order valence-corrected chi connectivity index (χ3v) is 2.88. The first-order valence-corrected chi connectivity index (χ1v) is 5.05. The van der Waals surface area contributed by atoms with E-state index in [-0.39, 0.29) is 11.1 Å². The van der Waals surface area contributed by atoms with Gasteiger partial charge in [0.15, 0.2) is 0 Å². The van der Waals surface area contributed by atoms with Crippen molar-refractivity contribution < 1.29 is 23.9 Å². The number of hydrogen-bond donors (Lipinski definition) is 2. The summed E-state index contributed by atoms with van der Waals surface area (Å²) in [5.41, 5.74) is -1.90. The largest absolute Gasteiger partial charge is 0.417 e. The predicted molar refractivity (Wildman–Crippen MR) is 55.2 cm³/mol. The molecule has 0 aromatic heterocycles. The smallest absolute Gasteiger partial charge is 0.415 e. The van der Waals surface area contributed by atoms with Crippen LogP contribution in [0.25, 0.3) is 0 Å². The molecule has 18 heavy (non-hydrogen) atoms. The predicted octanol–water partition coefficient (Wildman–Crippen LogP) is -0.582. The van der Waals surface area contributed by atoms with Crippen molar-refractivity contribution in [2.45, 2.75) is 5.60 Å². The molecule has 3 rings (SSSR count). The van der Waals surface area contributed by atoms with Crippen LogP contribution in [0.4, 0.5) is 4.79 Å². The van der Waals surface area contributed by atoms with Crippen molar-refractivity contribution >= 4 is 23.8 Å². The van der Waals surface area contributed by atoms with Gasteiger partial charge < -0.3 is 4.74 Å². The molecule has 0 radical (unpaired) electrons. The van der Waals surface area contributed by atoms with Gasteiger partial charge in [0.1, 0.15) is 0 Å². The lowest BCUT2D eigenvalue weighted by Crippen LogP contribution is -2.56. The van der Waals surface area contributed by atoms with Gasteiger partial charge in [-0.05, 0) is 6.07 Å². The molecule has 1 aromatic rings. The molecule has 2 aliphatic heterocycles. The number of nitrogens with one attached hydrogen (secondary N) is 2. The minimum atomic E-state index is -2.10. The molecule has 2 heterocycles. The van der Waals surface area contributed by atoms with Gasteiger partial charge in [-0.25, -0.2) is 4.79 Å². The molecule has 7 heteroatoms. The van der Waals surface area contributed by atoms with E-state index in [2.05, 4.69) is 0 Å². The van der Waals surface area contributed by atoms with Crippen LogP contribution in [0.3, 0.4) is 0 Å². The van der Waals surface area contributed by atoms with E-state index < -0.39 is 29.4 Å². The number of rotatable bonds is 0. The van der Waals surface area contributed by atoms with Crippen LogP contribution in [0.15, 0.2) is 24.3 Å². The highest BCUT2D eigenvalue weighted by Gasteiger charge is 2.60. The molecule has 1 fully saturated rings. The summed E-state index contributed by atoms with van der Waals surface area (Å²) in [6, 6.07) is 5.98. The number of carbonyl (C=O) groups is 4. The second kappa shape index (κ2) is 3.16. The molecule has 2 N–H and O–H groups in total. The third kappa shape index (κ3) is 1.07. The molecule has 4 amide bonds. The van der Waals surface area contributed by atoms with Crippen molar-refractivity contribution in [1.29, 1.82) is 0 Å². The lowest BCUT2D eigenvalue weighted by atomic mass is 9.85. The van der Waals surface area contributed by atoms with Crippen LogP contribution < -0.4 is 10.6 Å². The second-order valence-corrected chi connectivity index (χ2v) is 3.85. The Bertz CT molecular complexity index is 624. The number of carbonyl (C=O) groups excluding carboxylic acids is 4. The summed E-state index contributed by atoms with van der Waals surface area (Å²) in [5, 5.41) is 3.89. The van der Waals surface area contributed by atoms with E-state index in [1.54, 1.807) is 12.1 Å². The van der Waals surface area contributed by atoms with E-state index in [0.717, 1.165) is 0 Å². The number of imide groups is 2. The zero-order chi connectivity index (χ0) is 12.9. The number of hydrogen-bond acceptors (Lipinski definition) is 5. The molecule has 0 bridgehead atoms. The standard InChI is InChI=1S/C11H6N2O5/c14-7-5-3-1-2-4-6(5)11(8(15)12-7)9(16)13-10(17)18-11/h1-4H,(H,12,14,15)(H,13,16,17). The molecule has 1 saturated heterocycles. The quantitative estimate of drug-likeness (QED) is 0.471. The Morgan fingerprint density at radius 2 is 1.61 bits per heavy atom. The van der Waals surface area contributed by atoms with Crippen LogP contribution in [-0.2, 0) is 19.9 Å². The van der Waals surface area contributed by atoms with E-state index in [1.165, 1.54) is 12.1 Å². The number of ether oxygens (including phenoxy) is 1. The molecular formula is C11H6N2O5. The molecule has 1 spiro atoms. The van der Waals surface area contributed by atoms with Crippen molar-refractivity contribution in [3.05, 3.63) is 35.4 Å². The Balaban J connectivity index is 2.30. The van der Waals surface area contributed by atoms with Gasteiger partial charge in [0, 0.05) is 11.1 Å². The summed E-state index contributed by atoms with van der Waals surface area (Å²) < 4.78 is 4.83. The fraction of sp³-hybridized carbons (Fsp3) is 0.0909. The minimum absolute atomic E-state index is 0.0714. The van der Waals surface area contributed by atoms with Gasteiger partial charge in [0.05, 0.1) is 0 Å². The van der Waals surface area contributed by atoms with Crippen molar-refractivity contribution in [2.75, 3.05) is 0 Å². The third-order valence-electron chi connectivity index (χ3n) is 2.88. The van der Waals surface area contributed by atoms with E-state index in [1.807, 2.05) is 10.6 Å². The zero-order valence-corrected chi connectivity index (χ0v) is 8.85. The zero-order valence-electron chi connectivity index (χ0n) is 8.85. The molecule has 2 aliphatic rings. The Hall–Kier alpha value is -2.70. The number of amides is 4. The Morgan fingerprint density at radius 3 is 2.28 bits per heavy atom. The molecule has 7 nitrogen and oxygen atoms in total. The molecule has 1 unspecified atom stereocenters. The summed E-state index contributed by atoms with van der Waals surface area (Å²) >= 11 is 0. The van der Waals surface area contributed by atoms with Crippen LogP contribution >= 0.6 is 0 Å². The Labute approximate surface area is 100 Å². The Kier molecular flexibility index (Phi) is 1.83. The maximum Gasteiger partial charge on any atom is 0.415 e. The maximum atomic E-state index is 11.9. The summed E-state index contributed by atoms with van der Waals surface area (Å²) in [5.74, 6) is -2.49. The summed E-state index contributed by atoms with van der Waals surface area (Å²) in [4.78, 5) is 46.5. The monoisotopic (exact) mass is 246 g/mol. The molecule has 1 aromatic carbocycles. The highest BCUT2D eigenvalue weighted by Crippen LogP contribution is 2.35. The molecule has 90 valence electrons. The fourth-order valence-corrected chi connectivity index (χ4v) is 2.09. The van der Waals surface area contributed by atoms with Crippen LogP contribution in [0, 0.1) is 0 Å². The van der Waals surface area contributed by atoms with Crippen LogP contribution in [0.5, 0.6) is 0 Å². The molecule has 0 aliphatic carbocycles. The summed E-state index contributed by atoms with van der Waals surface area (Å²) in [6.07, 6.45) is -1.01. The van der Waals surface area contributed by atoms with Gasteiger partial charge in [-0.1, -0.05) is 18.2 Å². The average Bonchev–Trinajstić information content (AvgIpc) is 2.63. The SMILES string of the molecule is O=C1NC(=O)C2(O1)C(=O)NC(=O)c1ccccc12.